The summed E-state index contributed by atoms with van der Waals surface area (Å²) in [6.45, 7) is 3.35. The zero-order valence-electron chi connectivity index (χ0n) is 14.1. The molecule has 2 rings (SSSR count). The third-order valence-corrected chi connectivity index (χ3v) is 4.13. The first-order valence-corrected chi connectivity index (χ1v) is 8.07. The Bertz CT molecular complexity index is 576. The van der Waals surface area contributed by atoms with E-state index >= 15 is 0 Å². The SMILES string of the molecule is CCOc1ccc(CN(C)C(=O)CN2C[C@H](O)C[C@@H]2C(N)=O)cc1. The van der Waals surface area contributed by atoms with Crippen molar-refractivity contribution in [2.75, 3.05) is 26.7 Å². The number of ether oxygens (including phenoxy) is 1. The molecular formula is C17H25N3O4. The number of β-amino-alcohol motifs (C(OH)–C–C–N with tert-alkyl or cyclic N) is 1. The van der Waals surface area contributed by atoms with Crippen LogP contribution in [0, 0.1) is 0 Å². The summed E-state index contributed by atoms with van der Waals surface area (Å²) in [4.78, 5) is 27.0. The van der Waals surface area contributed by atoms with Crippen molar-refractivity contribution in [3.05, 3.63) is 29.8 Å². The van der Waals surface area contributed by atoms with E-state index in [1.54, 1.807) is 16.8 Å². The number of aliphatic hydroxyl groups is 1. The minimum Gasteiger partial charge on any atom is -0.494 e. The quantitative estimate of drug-likeness (QED) is 0.729. The van der Waals surface area contributed by atoms with Gasteiger partial charge in [0.1, 0.15) is 5.75 Å². The highest BCUT2D eigenvalue weighted by Gasteiger charge is 2.36. The lowest BCUT2D eigenvalue weighted by Crippen LogP contribution is -2.45. The fourth-order valence-corrected chi connectivity index (χ4v) is 2.86. The summed E-state index contributed by atoms with van der Waals surface area (Å²) in [7, 11) is 1.71. The van der Waals surface area contributed by atoms with E-state index in [0.717, 1.165) is 11.3 Å². The molecule has 0 radical (unpaired) electrons. The van der Waals surface area contributed by atoms with E-state index in [1.807, 2.05) is 31.2 Å². The van der Waals surface area contributed by atoms with Gasteiger partial charge in [0, 0.05) is 20.1 Å². The predicted octanol–water partition coefficient (Wildman–Crippen LogP) is -0.0358. The van der Waals surface area contributed by atoms with Gasteiger partial charge in [0.2, 0.25) is 11.8 Å². The summed E-state index contributed by atoms with van der Waals surface area (Å²) in [5, 5.41) is 9.69. The predicted molar refractivity (Wildman–Crippen MR) is 89.3 cm³/mol. The molecule has 7 nitrogen and oxygen atoms in total. The molecule has 2 amide bonds. The summed E-state index contributed by atoms with van der Waals surface area (Å²) >= 11 is 0. The maximum atomic E-state index is 12.4. The molecule has 1 aromatic rings. The molecule has 3 N–H and O–H groups in total. The van der Waals surface area contributed by atoms with Gasteiger partial charge in [-0.3, -0.25) is 14.5 Å². The van der Waals surface area contributed by atoms with Gasteiger partial charge in [0.05, 0.1) is 25.3 Å². The van der Waals surface area contributed by atoms with E-state index in [1.165, 1.54) is 0 Å². The van der Waals surface area contributed by atoms with Crippen molar-refractivity contribution < 1.29 is 19.4 Å². The van der Waals surface area contributed by atoms with Crippen LogP contribution in [-0.4, -0.2) is 65.6 Å². The van der Waals surface area contributed by atoms with Gasteiger partial charge < -0.3 is 20.5 Å². The average molecular weight is 335 g/mol. The van der Waals surface area contributed by atoms with Crippen LogP contribution >= 0.6 is 0 Å². The molecule has 1 aliphatic heterocycles. The fraction of sp³-hybridized carbons (Fsp3) is 0.529. The number of rotatable bonds is 7. The zero-order valence-corrected chi connectivity index (χ0v) is 14.1. The minimum atomic E-state index is -0.619. The van der Waals surface area contributed by atoms with Crippen LogP contribution in [-0.2, 0) is 16.1 Å². The lowest BCUT2D eigenvalue weighted by molar-refractivity contribution is -0.132. The van der Waals surface area contributed by atoms with Crippen molar-refractivity contribution in [2.45, 2.75) is 32.0 Å². The van der Waals surface area contributed by atoms with Crippen molar-refractivity contribution in [1.82, 2.24) is 9.80 Å². The van der Waals surface area contributed by atoms with E-state index in [4.69, 9.17) is 10.5 Å². The van der Waals surface area contributed by atoms with Gasteiger partial charge in [0.15, 0.2) is 0 Å². The van der Waals surface area contributed by atoms with E-state index in [9.17, 15) is 14.7 Å². The molecule has 132 valence electrons. The zero-order chi connectivity index (χ0) is 17.7. The van der Waals surface area contributed by atoms with E-state index in [2.05, 4.69) is 0 Å². The first-order valence-electron chi connectivity index (χ1n) is 8.07. The van der Waals surface area contributed by atoms with Gasteiger partial charge in [-0.15, -0.1) is 0 Å². The second-order valence-corrected chi connectivity index (χ2v) is 6.06. The van der Waals surface area contributed by atoms with Crippen molar-refractivity contribution in [1.29, 1.82) is 0 Å². The number of likely N-dealkylation sites (tertiary alicyclic amines) is 1. The summed E-state index contributed by atoms with van der Waals surface area (Å²) in [5.74, 6) is 0.170. The summed E-state index contributed by atoms with van der Waals surface area (Å²) < 4.78 is 5.39. The lowest BCUT2D eigenvalue weighted by atomic mass is 10.2. The minimum absolute atomic E-state index is 0.0677. The Balaban J connectivity index is 1.90. The number of nitrogens with two attached hydrogens (primary N) is 1. The van der Waals surface area contributed by atoms with Crippen LogP contribution in [0.25, 0.3) is 0 Å². The Labute approximate surface area is 142 Å². The molecule has 1 heterocycles. The Kier molecular flexibility index (Phi) is 6.16. The average Bonchev–Trinajstić information content (AvgIpc) is 2.90. The highest BCUT2D eigenvalue weighted by atomic mass is 16.5. The molecule has 1 aliphatic rings. The smallest absolute Gasteiger partial charge is 0.236 e. The maximum Gasteiger partial charge on any atom is 0.236 e. The highest BCUT2D eigenvalue weighted by Crippen LogP contribution is 2.18. The highest BCUT2D eigenvalue weighted by molar-refractivity contribution is 5.82. The number of primary amides is 1. The van der Waals surface area contributed by atoms with Crippen LogP contribution in [0.5, 0.6) is 5.75 Å². The third-order valence-electron chi connectivity index (χ3n) is 4.13. The third kappa shape index (κ3) is 4.69. The van der Waals surface area contributed by atoms with Gasteiger partial charge in [-0.05, 0) is 31.0 Å². The molecule has 0 aromatic heterocycles. The number of nitrogens with zero attached hydrogens (tertiary/aromatic N) is 2. The number of hydrogen-bond donors (Lipinski definition) is 2. The topological polar surface area (TPSA) is 96.1 Å². The van der Waals surface area contributed by atoms with Gasteiger partial charge in [-0.2, -0.15) is 0 Å². The monoisotopic (exact) mass is 335 g/mol. The number of benzene rings is 1. The molecule has 1 saturated heterocycles. The van der Waals surface area contributed by atoms with Gasteiger partial charge in [0.25, 0.3) is 0 Å². The van der Waals surface area contributed by atoms with Crippen LogP contribution in [0.3, 0.4) is 0 Å². The van der Waals surface area contributed by atoms with Crippen molar-refractivity contribution >= 4 is 11.8 Å². The van der Waals surface area contributed by atoms with Crippen molar-refractivity contribution in [2.24, 2.45) is 5.73 Å². The number of likely N-dealkylation sites (N-methyl/N-ethyl adjacent to an activating group) is 1. The summed E-state index contributed by atoms with van der Waals surface area (Å²) in [6.07, 6.45) is -0.336. The molecule has 1 fully saturated rings. The van der Waals surface area contributed by atoms with E-state index < -0.39 is 18.1 Å². The van der Waals surface area contributed by atoms with Gasteiger partial charge >= 0.3 is 0 Å². The standard InChI is InChI=1S/C17H25N3O4/c1-3-24-14-6-4-12(5-7-14)9-19(2)16(22)11-20-10-13(21)8-15(20)17(18)23/h4-7,13,15,21H,3,8-11H2,1-2H3,(H2,18,23)/t13-,15-/m1/s1. The normalized spacial score (nSPS) is 20.8. The van der Waals surface area contributed by atoms with Crippen molar-refractivity contribution in [3.8, 4) is 5.75 Å². The van der Waals surface area contributed by atoms with Crippen LogP contribution in [0.4, 0.5) is 0 Å². The fourth-order valence-electron chi connectivity index (χ4n) is 2.86. The molecule has 0 saturated carbocycles. The van der Waals surface area contributed by atoms with Crippen LogP contribution < -0.4 is 10.5 Å². The molecule has 2 atom stereocenters. The van der Waals surface area contributed by atoms with E-state index in [-0.39, 0.29) is 25.4 Å². The molecule has 0 bridgehead atoms. The largest absolute Gasteiger partial charge is 0.494 e. The molecular weight excluding hydrogens is 310 g/mol. The number of carbonyl (C=O) groups excluding carboxylic acids is 2. The molecule has 7 heteroatoms. The number of aliphatic hydroxyl groups excluding tert-OH is 1. The van der Waals surface area contributed by atoms with E-state index in [0.29, 0.717) is 13.2 Å². The van der Waals surface area contributed by atoms with Crippen LogP contribution in [0.1, 0.15) is 18.9 Å². The second kappa shape index (κ2) is 8.12. The first kappa shape index (κ1) is 18.2. The van der Waals surface area contributed by atoms with Crippen molar-refractivity contribution in [3.63, 3.8) is 0 Å². The first-order chi connectivity index (χ1) is 11.4. The summed E-state index contributed by atoms with van der Waals surface area (Å²) in [6, 6.07) is 7.00. The molecule has 24 heavy (non-hydrogen) atoms. The second-order valence-electron chi connectivity index (χ2n) is 6.06. The number of amides is 2. The number of carbonyl (C=O) groups is 2. The van der Waals surface area contributed by atoms with Gasteiger partial charge in [-0.25, -0.2) is 0 Å². The molecule has 0 spiro atoms. The molecule has 1 aromatic carbocycles. The molecule has 0 aliphatic carbocycles. The maximum absolute atomic E-state index is 12.4. The lowest BCUT2D eigenvalue weighted by Gasteiger charge is -2.24. The Hall–Kier alpha value is -2.12. The van der Waals surface area contributed by atoms with Crippen LogP contribution in [0.2, 0.25) is 0 Å². The Morgan fingerprint density at radius 3 is 2.62 bits per heavy atom. The summed E-state index contributed by atoms with van der Waals surface area (Å²) in [5.41, 5.74) is 6.32. The van der Waals surface area contributed by atoms with Crippen LogP contribution in [0.15, 0.2) is 24.3 Å². The van der Waals surface area contributed by atoms with Gasteiger partial charge in [-0.1, -0.05) is 12.1 Å². The number of hydrogen-bond acceptors (Lipinski definition) is 5. The Morgan fingerprint density at radius 1 is 1.38 bits per heavy atom. The molecule has 0 unspecified atom stereocenters. The Morgan fingerprint density at radius 2 is 2.04 bits per heavy atom.